The topological polar surface area (TPSA) is 44.8 Å². The van der Waals surface area contributed by atoms with Crippen molar-refractivity contribution in [1.29, 1.82) is 0 Å². The minimum atomic E-state index is -2.94. The lowest BCUT2D eigenvalue weighted by Gasteiger charge is -2.18. The summed E-state index contributed by atoms with van der Waals surface area (Å²) in [5.74, 6) is 0.530. The molecule has 0 saturated carbocycles. The number of fused-ring (bicyclic) bond motifs is 1. The van der Waals surface area contributed by atoms with Crippen LogP contribution in [0.15, 0.2) is 48.0 Å². The quantitative estimate of drug-likeness (QED) is 0.795. The minimum Gasteiger partial charge on any atom is -0.493 e. The molecule has 0 aliphatic carbocycles. The molecule has 1 heterocycles. The van der Waals surface area contributed by atoms with Gasteiger partial charge in [0.15, 0.2) is 17.3 Å². The third-order valence-corrected chi connectivity index (χ3v) is 3.55. The zero-order chi connectivity index (χ0) is 17.1. The second-order valence-electron chi connectivity index (χ2n) is 5.07. The van der Waals surface area contributed by atoms with Crippen LogP contribution in [0.2, 0.25) is 0 Å². The molecule has 24 heavy (non-hydrogen) atoms. The van der Waals surface area contributed by atoms with E-state index in [9.17, 15) is 13.6 Å². The number of carbonyl (C=O) groups excluding carboxylic acids is 1. The number of Topliss-reactive ketones (excluding diaryl/α,β-unsaturated/α-hetero) is 1. The van der Waals surface area contributed by atoms with Crippen molar-refractivity contribution >= 4 is 11.9 Å². The van der Waals surface area contributed by atoms with E-state index in [1.54, 1.807) is 36.4 Å². The molecule has 0 unspecified atom stereocenters. The van der Waals surface area contributed by atoms with Gasteiger partial charge in [0, 0.05) is 5.57 Å². The van der Waals surface area contributed by atoms with E-state index in [1.165, 1.54) is 19.2 Å². The fourth-order valence-electron chi connectivity index (χ4n) is 2.45. The Morgan fingerprint density at radius 1 is 1.17 bits per heavy atom. The largest absolute Gasteiger partial charge is 0.493 e. The highest BCUT2D eigenvalue weighted by Gasteiger charge is 2.22. The maximum absolute atomic E-state index is 12.5. The predicted octanol–water partition coefficient (Wildman–Crippen LogP) is 3.96. The first-order valence-electron chi connectivity index (χ1n) is 7.18. The van der Waals surface area contributed by atoms with Crippen LogP contribution in [0.3, 0.4) is 0 Å². The van der Waals surface area contributed by atoms with Gasteiger partial charge in [-0.15, -0.1) is 0 Å². The van der Waals surface area contributed by atoms with Crippen LogP contribution in [0.1, 0.15) is 15.9 Å². The van der Waals surface area contributed by atoms with Crippen LogP contribution in [0, 0.1) is 0 Å². The molecule has 1 aliphatic rings. The fraction of sp³-hybridized carbons (Fsp3) is 0.167. The van der Waals surface area contributed by atoms with Gasteiger partial charge in [-0.1, -0.05) is 18.2 Å². The van der Waals surface area contributed by atoms with Gasteiger partial charge in [0.25, 0.3) is 0 Å². The first-order chi connectivity index (χ1) is 11.6. The van der Waals surface area contributed by atoms with Gasteiger partial charge in [-0.2, -0.15) is 8.78 Å². The molecule has 0 fully saturated rings. The molecule has 0 spiro atoms. The molecule has 0 atom stereocenters. The molecule has 0 bridgehead atoms. The number of hydrogen-bond donors (Lipinski definition) is 0. The average molecular weight is 332 g/mol. The summed E-state index contributed by atoms with van der Waals surface area (Å²) in [6, 6.07) is 11.5. The van der Waals surface area contributed by atoms with Gasteiger partial charge in [-0.05, 0) is 35.9 Å². The molecule has 2 aromatic rings. The lowest BCUT2D eigenvalue weighted by Crippen LogP contribution is -2.18. The fourth-order valence-corrected chi connectivity index (χ4v) is 2.45. The van der Waals surface area contributed by atoms with Crippen LogP contribution in [0.25, 0.3) is 6.08 Å². The third-order valence-electron chi connectivity index (χ3n) is 3.55. The first-order valence-corrected chi connectivity index (χ1v) is 7.18. The summed E-state index contributed by atoms with van der Waals surface area (Å²) in [4.78, 5) is 12.5. The molecule has 0 N–H and O–H groups in total. The lowest BCUT2D eigenvalue weighted by molar-refractivity contribution is -0.0512. The molecular weight excluding hydrogens is 318 g/mol. The van der Waals surface area contributed by atoms with Gasteiger partial charge in [0.2, 0.25) is 0 Å². The number of benzene rings is 2. The molecule has 3 rings (SSSR count). The maximum atomic E-state index is 12.5. The molecule has 2 aromatic carbocycles. The Morgan fingerprint density at radius 3 is 2.71 bits per heavy atom. The predicted molar refractivity (Wildman–Crippen MR) is 83.9 cm³/mol. The molecule has 4 nitrogen and oxygen atoms in total. The smallest absolute Gasteiger partial charge is 0.387 e. The summed E-state index contributed by atoms with van der Waals surface area (Å²) in [5, 5.41) is 0. The second-order valence-corrected chi connectivity index (χ2v) is 5.07. The zero-order valence-corrected chi connectivity index (χ0v) is 12.8. The highest BCUT2D eigenvalue weighted by Crippen LogP contribution is 2.32. The van der Waals surface area contributed by atoms with Crippen molar-refractivity contribution in [3.63, 3.8) is 0 Å². The first kappa shape index (κ1) is 16.0. The zero-order valence-electron chi connectivity index (χ0n) is 12.8. The number of methoxy groups -OCH3 is 1. The Labute approximate surface area is 137 Å². The summed E-state index contributed by atoms with van der Waals surface area (Å²) in [7, 11) is 1.36. The van der Waals surface area contributed by atoms with Gasteiger partial charge in [-0.25, -0.2) is 0 Å². The van der Waals surface area contributed by atoms with Crippen LogP contribution in [0.5, 0.6) is 17.2 Å². The summed E-state index contributed by atoms with van der Waals surface area (Å²) in [6.45, 7) is -2.79. The Balaban J connectivity index is 1.90. The lowest BCUT2D eigenvalue weighted by atomic mass is 9.98. The summed E-state index contributed by atoms with van der Waals surface area (Å²) in [6.07, 6.45) is 1.65. The van der Waals surface area contributed by atoms with Crippen molar-refractivity contribution in [1.82, 2.24) is 0 Å². The van der Waals surface area contributed by atoms with Gasteiger partial charge in [0.1, 0.15) is 12.4 Å². The van der Waals surface area contributed by atoms with Crippen molar-refractivity contribution in [2.75, 3.05) is 13.7 Å². The number of rotatable bonds is 4. The standard InChI is InChI=1S/C18H14F2O4/c1-22-16-9-11(6-7-15(16)24-18(19)20)8-12-10-23-14-5-3-2-4-13(14)17(12)21/h2-9,18H,10H2,1H3. The van der Waals surface area contributed by atoms with Gasteiger partial charge < -0.3 is 14.2 Å². The highest BCUT2D eigenvalue weighted by molar-refractivity contribution is 6.14. The SMILES string of the molecule is COc1cc(C=C2COc3ccccc3C2=O)ccc1OC(F)F. The monoisotopic (exact) mass is 332 g/mol. The van der Waals surface area contributed by atoms with E-state index in [0.29, 0.717) is 22.4 Å². The van der Waals surface area contributed by atoms with E-state index in [4.69, 9.17) is 9.47 Å². The van der Waals surface area contributed by atoms with E-state index in [1.807, 2.05) is 0 Å². The number of carbonyl (C=O) groups is 1. The molecule has 6 heteroatoms. The number of hydrogen-bond acceptors (Lipinski definition) is 4. The van der Waals surface area contributed by atoms with Crippen LogP contribution >= 0.6 is 0 Å². The van der Waals surface area contributed by atoms with Gasteiger partial charge in [-0.3, -0.25) is 4.79 Å². The van der Waals surface area contributed by atoms with Gasteiger partial charge >= 0.3 is 6.61 Å². The normalized spacial score (nSPS) is 15.2. The Bertz CT molecular complexity index is 799. The Kier molecular flexibility index (Phi) is 4.46. The molecule has 1 aliphatic heterocycles. The van der Waals surface area contributed by atoms with Crippen molar-refractivity contribution in [2.24, 2.45) is 0 Å². The Morgan fingerprint density at radius 2 is 1.96 bits per heavy atom. The molecular formula is C18H14F2O4. The molecule has 0 saturated heterocycles. The van der Waals surface area contributed by atoms with Crippen LogP contribution in [-0.2, 0) is 0 Å². The van der Waals surface area contributed by atoms with Crippen LogP contribution < -0.4 is 14.2 Å². The van der Waals surface area contributed by atoms with Gasteiger partial charge in [0.05, 0.1) is 12.7 Å². The number of para-hydroxylation sites is 1. The number of ketones is 1. The minimum absolute atomic E-state index is 0.0637. The van der Waals surface area contributed by atoms with E-state index in [2.05, 4.69) is 4.74 Å². The molecule has 0 amide bonds. The highest BCUT2D eigenvalue weighted by atomic mass is 19.3. The van der Waals surface area contributed by atoms with E-state index >= 15 is 0 Å². The number of halogens is 2. The maximum Gasteiger partial charge on any atom is 0.387 e. The van der Waals surface area contributed by atoms with Crippen molar-refractivity contribution in [3.8, 4) is 17.2 Å². The van der Waals surface area contributed by atoms with Crippen molar-refractivity contribution in [3.05, 3.63) is 59.2 Å². The molecule has 0 aromatic heterocycles. The van der Waals surface area contributed by atoms with Crippen molar-refractivity contribution < 1.29 is 27.8 Å². The van der Waals surface area contributed by atoms with Crippen LogP contribution in [0.4, 0.5) is 8.78 Å². The summed E-state index contributed by atoms with van der Waals surface area (Å²) in [5.41, 5.74) is 1.60. The average Bonchev–Trinajstić information content (AvgIpc) is 2.58. The van der Waals surface area contributed by atoms with Crippen LogP contribution in [-0.4, -0.2) is 26.1 Å². The van der Waals surface area contributed by atoms with Crippen molar-refractivity contribution in [2.45, 2.75) is 6.61 Å². The summed E-state index contributed by atoms with van der Waals surface area (Å²) >= 11 is 0. The van der Waals surface area contributed by atoms with E-state index < -0.39 is 6.61 Å². The number of alkyl halides is 2. The molecule has 124 valence electrons. The second kappa shape index (κ2) is 6.70. The third kappa shape index (κ3) is 3.22. The van der Waals surface area contributed by atoms with E-state index in [-0.39, 0.29) is 23.9 Å². The Hall–Kier alpha value is -2.89. The number of ether oxygens (including phenoxy) is 3. The van der Waals surface area contributed by atoms with E-state index in [0.717, 1.165) is 0 Å². The summed E-state index contributed by atoms with van der Waals surface area (Å²) < 4.78 is 39.7. The molecule has 0 radical (unpaired) electrons.